The van der Waals surface area contributed by atoms with Gasteiger partial charge in [0.2, 0.25) is 0 Å². The standard InChI is InChI=1S/C6H14N/c1-3-5-6-7-4-2/h3-6H2,1-2H3/q-1. The number of rotatable bonds is 4. The molecule has 7 heavy (non-hydrogen) atoms. The summed E-state index contributed by atoms with van der Waals surface area (Å²) in [7, 11) is 0. The van der Waals surface area contributed by atoms with Crippen LogP contribution in [0.3, 0.4) is 0 Å². The van der Waals surface area contributed by atoms with Gasteiger partial charge in [-0.05, 0) is 0 Å². The molecule has 0 aliphatic rings. The zero-order valence-electron chi connectivity index (χ0n) is 5.28. The summed E-state index contributed by atoms with van der Waals surface area (Å²) >= 11 is 0. The van der Waals surface area contributed by atoms with E-state index in [4.69, 9.17) is 0 Å². The molecular weight excluding hydrogens is 86.1 g/mol. The molecule has 0 aromatic heterocycles. The summed E-state index contributed by atoms with van der Waals surface area (Å²) in [6.07, 6.45) is 2.53. The first-order chi connectivity index (χ1) is 3.41. The summed E-state index contributed by atoms with van der Waals surface area (Å²) in [4.78, 5) is 0. The van der Waals surface area contributed by atoms with E-state index in [1.807, 2.05) is 0 Å². The fraction of sp³-hybridized carbons (Fsp3) is 1.00. The Balaban J connectivity index is 2.45. The Morgan fingerprint density at radius 2 is 2.00 bits per heavy atom. The van der Waals surface area contributed by atoms with Gasteiger partial charge in [-0.3, -0.25) is 0 Å². The minimum Gasteiger partial charge on any atom is -0.662 e. The van der Waals surface area contributed by atoms with E-state index < -0.39 is 0 Å². The third-order valence-electron chi connectivity index (χ3n) is 0.893. The minimum absolute atomic E-state index is 0.986. The maximum absolute atomic E-state index is 4.16. The molecule has 0 saturated carbocycles. The van der Waals surface area contributed by atoms with Crippen molar-refractivity contribution < 1.29 is 0 Å². The second-order valence-corrected chi connectivity index (χ2v) is 1.62. The van der Waals surface area contributed by atoms with Crippen LogP contribution < -0.4 is 0 Å². The number of unbranched alkanes of at least 4 members (excludes halogenated alkanes) is 1. The average molecular weight is 100 g/mol. The zero-order chi connectivity index (χ0) is 5.54. The quantitative estimate of drug-likeness (QED) is 0.481. The first-order valence-electron chi connectivity index (χ1n) is 3.05. The van der Waals surface area contributed by atoms with Crippen LogP contribution in [0.1, 0.15) is 26.7 Å². The first kappa shape index (κ1) is 6.96. The van der Waals surface area contributed by atoms with Gasteiger partial charge in [0.15, 0.2) is 0 Å². The number of hydrogen-bond donors (Lipinski definition) is 0. The minimum atomic E-state index is 0.986. The molecule has 1 nitrogen and oxygen atoms in total. The van der Waals surface area contributed by atoms with Crippen LogP contribution in [0.5, 0.6) is 0 Å². The topological polar surface area (TPSA) is 14.1 Å². The maximum Gasteiger partial charge on any atom is -0.0578 e. The van der Waals surface area contributed by atoms with Crippen LogP contribution in [0.2, 0.25) is 0 Å². The third kappa shape index (κ3) is 5.96. The summed E-state index contributed by atoms with van der Waals surface area (Å²) in [6, 6.07) is 0. The van der Waals surface area contributed by atoms with Crippen LogP contribution in [0.15, 0.2) is 0 Å². The van der Waals surface area contributed by atoms with E-state index >= 15 is 0 Å². The summed E-state index contributed by atoms with van der Waals surface area (Å²) in [6.45, 7) is 6.31. The van der Waals surface area contributed by atoms with E-state index in [9.17, 15) is 0 Å². The fourth-order valence-corrected chi connectivity index (χ4v) is 0.428. The molecular formula is C6H14N-. The molecule has 0 heterocycles. The summed E-state index contributed by atoms with van der Waals surface area (Å²) in [5.74, 6) is 0. The zero-order valence-corrected chi connectivity index (χ0v) is 5.28. The van der Waals surface area contributed by atoms with Crippen LogP contribution in [-0.4, -0.2) is 13.1 Å². The highest BCUT2D eigenvalue weighted by atomic mass is 14.8. The van der Waals surface area contributed by atoms with Crippen molar-refractivity contribution in [2.45, 2.75) is 26.7 Å². The van der Waals surface area contributed by atoms with Gasteiger partial charge in [0.25, 0.3) is 0 Å². The molecule has 0 atom stereocenters. The lowest BCUT2D eigenvalue weighted by atomic mass is 10.3. The molecule has 0 aliphatic carbocycles. The monoisotopic (exact) mass is 100 g/mol. The van der Waals surface area contributed by atoms with E-state index in [1.165, 1.54) is 12.8 Å². The van der Waals surface area contributed by atoms with Gasteiger partial charge in [0, 0.05) is 0 Å². The summed E-state index contributed by atoms with van der Waals surface area (Å²) in [5, 5.41) is 4.16. The van der Waals surface area contributed by atoms with E-state index in [-0.39, 0.29) is 0 Å². The lowest BCUT2D eigenvalue weighted by Gasteiger charge is -2.12. The maximum atomic E-state index is 4.16. The molecule has 0 bridgehead atoms. The molecule has 0 N–H and O–H groups in total. The van der Waals surface area contributed by atoms with Crippen LogP contribution in [0, 0.1) is 0 Å². The molecule has 0 rings (SSSR count). The predicted molar refractivity (Wildman–Crippen MR) is 33.7 cm³/mol. The second kappa shape index (κ2) is 5.96. The molecule has 0 amide bonds. The van der Waals surface area contributed by atoms with Crippen molar-refractivity contribution in [1.82, 2.24) is 0 Å². The van der Waals surface area contributed by atoms with Gasteiger partial charge >= 0.3 is 0 Å². The van der Waals surface area contributed by atoms with Crippen LogP contribution >= 0.6 is 0 Å². The lowest BCUT2D eigenvalue weighted by molar-refractivity contribution is 0.833. The Hall–Kier alpha value is -0.0400. The van der Waals surface area contributed by atoms with Crippen molar-refractivity contribution in [3.63, 3.8) is 0 Å². The van der Waals surface area contributed by atoms with Crippen LogP contribution in [0.25, 0.3) is 5.32 Å². The molecule has 0 aromatic rings. The van der Waals surface area contributed by atoms with Gasteiger partial charge < -0.3 is 5.32 Å². The van der Waals surface area contributed by atoms with Crippen molar-refractivity contribution in [2.75, 3.05) is 13.1 Å². The first-order valence-corrected chi connectivity index (χ1v) is 3.05. The summed E-state index contributed by atoms with van der Waals surface area (Å²) in [5.41, 5.74) is 0. The largest absolute Gasteiger partial charge is 0.662 e. The summed E-state index contributed by atoms with van der Waals surface area (Å²) < 4.78 is 0. The molecule has 0 spiro atoms. The third-order valence-corrected chi connectivity index (χ3v) is 0.893. The van der Waals surface area contributed by atoms with E-state index in [2.05, 4.69) is 19.2 Å². The van der Waals surface area contributed by atoms with Crippen molar-refractivity contribution in [3.8, 4) is 0 Å². The fourth-order valence-electron chi connectivity index (χ4n) is 0.428. The van der Waals surface area contributed by atoms with Gasteiger partial charge in [0.1, 0.15) is 0 Å². The molecule has 0 radical (unpaired) electrons. The number of hydrogen-bond acceptors (Lipinski definition) is 0. The molecule has 0 unspecified atom stereocenters. The molecule has 0 saturated heterocycles. The van der Waals surface area contributed by atoms with Gasteiger partial charge in [-0.2, -0.15) is 6.54 Å². The molecule has 0 fully saturated rings. The van der Waals surface area contributed by atoms with Crippen molar-refractivity contribution in [1.29, 1.82) is 0 Å². The second-order valence-electron chi connectivity index (χ2n) is 1.62. The molecule has 0 aliphatic heterocycles. The van der Waals surface area contributed by atoms with Gasteiger partial charge in [-0.25, -0.2) is 0 Å². The van der Waals surface area contributed by atoms with Gasteiger partial charge in [-0.15, -0.1) is 6.54 Å². The molecule has 44 valence electrons. The smallest absolute Gasteiger partial charge is 0.0578 e. The van der Waals surface area contributed by atoms with E-state index in [1.54, 1.807) is 0 Å². The highest BCUT2D eigenvalue weighted by Crippen LogP contribution is 1.91. The average Bonchev–Trinajstić information content (AvgIpc) is 1.69. The Kier molecular flexibility index (Phi) is 5.93. The van der Waals surface area contributed by atoms with Gasteiger partial charge in [0.05, 0.1) is 0 Å². The van der Waals surface area contributed by atoms with Crippen LogP contribution in [0.4, 0.5) is 0 Å². The van der Waals surface area contributed by atoms with Crippen molar-refractivity contribution in [2.24, 2.45) is 0 Å². The Morgan fingerprint density at radius 3 is 2.43 bits per heavy atom. The molecule has 1 heteroatoms. The van der Waals surface area contributed by atoms with Gasteiger partial charge in [-0.1, -0.05) is 26.7 Å². The Morgan fingerprint density at radius 1 is 1.29 bits per heavy atom. The normalized spacial score (nSPS) is 9.43. The highest BCUT2D eigenvalue weighted by Gasteiger charge is 1.67. The Bertz CT molecular complexity index is 23.4. The lowest BCUT2D eigenvalue weighted by Crippen LogP contribution is -1.82. The molecule has 0 aromatic carbocycles. The van der Waals surface area contributed by atoms with Crippen molar-refractivity contribution >= 4 is 0 Å². The predicted octanol–water partition coefficient (Wildman–Crippen LogP) is 2.18. The number of nitrogens with zero attached hydrogens (tertiary/aromatic N) is 1. The SMILES string of the molecule is CCCC[N-]CC. The van der Waals surface area contributed by atoms with Crippen LogP contribution in [-0.2, 0) is 0 Å². The Labute approximate surface area is 46.1 Å². The van der Waals surface area contributed by atoms with Crippen molar-refractivity contribution in [3.05, 3.63) is 5.32 Å². The van der Waals surface area contributed by atoms with E-state index in [0.29, 0.717) is 0 Å². The highest BCUT2D eigenvalue weighted by molar-refractivity contribution is 4.74. The van der Waals surface area contributed by atoms with E-state index in [0.717, 1.165) is 13.1 Å².